The van der Waals surface area contributed by atoms with Crippen LogP contribution in [0.1, 0.15) is 24.0 Å². The van der Waals surface area contributed by atoms with Crippen LogP contribution in [0.15, 0.2) is 23.1 Å². The van der Waals surface area contributed by atoms with E-state index in [1.54, 1.807) is 19.2 Å². The van der Waals surface area contributed by atoms with Gasteiger partial charge in [0.25, 0.3) is 0 Å². The van der Waals surface area contributed by atoms with Gasteiger partial charge in [0.1, 0.15) is 0 Å². The quantitative estimate of drug-likeness (QED) is 0.914. The van der Waals surface area contributed by atoms with Gasteiger partial charge in [0.15, 0.2) is 0 Å². The largest absolute Gasteiger partial charge is 0.313 e. The first-order chi connectivity index (χ1) is 8.89. The molecule has 0 amide bonds. The second-order valence-electron chi connectivity index (χ2n) is 5.40. The van der Waals surface area contributed by atoms with Gasteiger partial charge in [-0.1, -0.05) is 6.07 Å². The van der Waals surface area contributed by atoms with Gasteiger partial charge in [-0.2, -0.15) is 4.31 Å². The molecule has 1 fully saturated rings. The van der Waals surface area contributed by atoms with E-state index in [1.807, 2.05) is 19.9 Å². The molecule has 1 saturated heterocycles. The topological polar surface area (TPSA) is 49.4 Å². The van der Waals surface area contributed by atoms with E-state index in [0.717, 1.165) is 30.5 Å². The standard InChI is InChI=1S/C14H22N2O2S/c1-11-7-12(2)9-14(8-11)19(17,18)16(3)10-13-5-4-6-15-13/h7-9,13,15H,4-6,10H2,1-3H3. The summed E-state index contributed by atoms with van der Waals surface area (Å²) in [5, 5.41) is 3.33. The molecule has 0 aromatic heterocycles. The van der Waals surface area contributed by atoms with Crippen molar-refractivity contribution in [1.82, 2.24) is 9.62 Å². The number of likely N-dealkylation sites (N-methyl/N-ethyl adjacent to an activating group) is 1. The molecule has 1 heterocycles. The monoisotopic (exact) mass is 282 g/mol. The summed E-state index contributed by atoms with van der Waals surface area (Å²) in [5.41, 5.74) is 1.96. The summed E-state index contributed by atoms with van der Waals surface area (Å²) in [6.07, 6.45) is 2.18. The zero-order valence-electron chi connectivity index (χ0n) is 11.8. The van der Waals surface area contributed by atoms with Crippen LogP contribution in [0.5, 0.6) is 0 Å². The van der Waals surface area contributed by atoms with E-state index >= 15 is 0 Å². The van der Waals surface area contributed by atoms with Crippen LogP contribution < -0.4 is 5.32 Å². The number of hydrogen-bond acceptors (Lipinski definition) is 3. The molecule has 1 aliphatic rings. The molecule has 0 radical (unpaired) electrons. The van der Waals surface area contributed by atoms with Crippen LogP contribution in [0.25, 0.3) is 0 Å². The van der Waals surface area contributed by atoms with Crippen molar-refractivity contribution < 1.29 is 8.42 Å². The van der Waals surface area contributed by atoms with Gasteiger partial charge in [-0.25, -0.2) is 8.42 Å². The van der Waals surface area contributed by atoms with Crippen LogP contribution in [0.2, 0.25) is 0 Å². The number of aryl methyl sites for hydroxylation is 2. The lowest BCUT2D eigenvalue weighted by Gasteiger charge is -2.21. The Bertz CT molecular complexity index is 528. The van der Waals surface area contributed by atoms with Gasteiger partial charge >= 0.3 is 0 Å². The molecule has 1 aliphatic heterocycles. The lowest BCUT2D eigenvalue weighted by molar-refractivity contribution is 0.417. The van der Waals surface area contributed by atoms with Crippen molar-refractivity contribution in [1.29, 1.82) is 0 Å². The third kappa shape index (κ3) is 3.35. The number of hydrogen-bond donors (Lipinski definition) is 1. The molecule has 1 aromatic carbocycles. The third-order valence-corrected chi connectivity index (χ3v) is 5.34. The van der Waals surface area contributed by atoms with Gasteiger partial charge in [-0.05, 0) is 56.5 Å². The van der Waals surface area contributed by atoms with Crippen molar-refractivity contribution in [2.75, 3.05) is 20.1 Å². The highest BCUT2D eigenvalue weighted by atomic mass is 32.2. The molecule has 1 aromatic rings. The zero-order chi connectivity index (χ0) is 14.0. The van der Waals surface area contributed by atoms with Gasteiger partial charge in [0.2, 0.25) is 10.0 Å². The van der Waals surface area contributed by atoms with Crippen LogP contribution in [0.4, 0.5) is 0 Å². The first kappa shape index (κ1) is 14.5. The highest BCUT2D eigenvalue weighted by molar-refractivity contribution is 7.89. The van der Waals surface area contributed by atoms with Crippen LogP contribution in [0, 0.1) is 13.8 Å². The molecule has 0 aliphatic carbocycles. The first-order valence-corrected chi connectivity index (χ1v) is 8.11. The van der Waals surface area contributed by atoms with Gasteiger partial charge < -0.3 is 5.32 Å². The minimum Gasteiger partial charge on any atom is -0.313 e. The SMILES string of the molecule is Cc1cc(C)cc(S(=O)(=O)N(C)CC2CCCN2)c1. The summed E-state index contributed by atoms with van der Waals surface area (Å²) < 4.78 is 26.5. The molecule has 5 heteroatoms. The summed E-state index contributed by atoms with van der Waals surface area (Å²) in [4.78, 5) is 0.394. The summed E-state index contributed by atoms with van der Waals surface area (Å²) >= 11 is 0. The van der Waals surface area contributed by atoms with E-state index in [2.05, 4.69) is 5.32 Å². The highest BCUT2D eigenvalue weighted by Crippen LogP contribution is 2.19. The van der Waals surface area contributed by atoms with Gasteiger partial charge in [0.05, 0.1) is 4.90 Å². The maximum Gasteiger partial charge on any atom is 0.242 e. The maximum absolute atomic E-state index is 12.5. The molecular formula is C14H22N2O2S. The normalized spacial score (nSPS) is 20.1. The summed E-state index contributed by atoms with van der Waals surface area (Å²) in [5.74, 6) is 0. The summed E-state index contributed by atoms with van der Waals surface area (Å²) in [7, 11) is -1.72. The predicted octanol–water partition coefficient (Wildman–Crippen LogP) is 1.68. The van der Waals surface area contributed by atoms with Crippen LogP contribution in [-0.2, 0) is 10.0 Å². The number of benzene rings is 1. The fourth-order valence-corrected chi connectivity index (χ4v) is 3.99. The van der Waals surface area contributed by atoms with E-state index in [1.165, 1.54) is 4.31 Å². The van der Waals surface area contributed by atoms with Crippen molar-refractivity contribution in [2.24, 2.45) is 0 Å². The predicted molar refractivity (Wildman–Crippen MR) is 76.8 cm³/mol. The lowest BCUT2D eigenvalue weighted by atomic mass is 10.2. The second kappa shape index (κ2) is 5.61. The fraction of sp³-hybridized carbons (Fsp3) is 0.571. The van der Waals surface area contributed by atoms with E-state index < -0.39 is 10.0 Å². The van der Waals surface area contributed by atoms with Crippen molar-refractivity contribution in [2.45, 2.75) is 37.6 Å². The van der Waals surface area contributed by atoms with Crippen molar-refractivity contribution in [3.8, 4) is 0 Å². The van der Waals surface area contributed by atoms with Gasteiger partial charge in [-0.3, -0.25) is 0 Å². The molecular weight excluding hydrogens is 260 g/mol. The molecule has 19 heavy (non-hydrogen) atoms. The van der Waals surface area contributed by atoms with Gasteiger partial charge in [0, 0.05) is 19.6 Å². The van der Waals surface area contributed by atoms with Crippen LogP contribution in [-0.4, -0.2) is 38.9 Å². The second-order valence-corrected chi connectivity index (χ2v) is 7.45. The zero-order valence-corrected chi connectivity index (χ0v) is 12.6. The van der Waals surface area contributed by atoms with Crippen LogP contribution in [0.3, 0.4) is 0 Å². The number of nitrogens with one attached hydrogen (secondary N) is 1. The molecule has 1 unspecified atom stereocenters. The van der Waals surface area contributed by atoms with Crippen molar-refractivity contribution in [3.63, 3.8) is 0 Å². The molecule has 106 valence electrons. The van der Waals surface area contributed by atoms with E-state index in [-0.39, 0.29) is 6.04 Å². The molecule has 1 N–H and O–H groups in total. The Balaban J connectivity index is 2.20. The Morgan fingerprint density at radius 1 is 1.26 bits per heavy atom. The first-order valence-electron chi connectivity index (χ1n) is 6.67. The number of sulfonamides is 1. The Morgan fingerprint density at radius 3 is 2.42 bits per heavy atom. The van der Waals surface area contributed by atoms with Crippen molar-refractivity contribution in [3.05, 3.63) is 29.3 Å². The van der Waals surface area contributed by atoms with Crippen LogP contribution >= 0.6 is 0 Å². The Hall–Kier alpha value is -0.910. The molecule has 0 saturated carbocycles. The Labute approximate surface area is 115 Å². The average Bonchev–Trinajstić information content (AvgIpc) is 2.80. The lowest BCUT2D eigenvalue weighted by Crippen LogP contribution is -2.38. The number of nitrogens with zero attached hydrogens (tertiary/aromatic N) is 1. The van der Waals surface area contributed by atoms with Crippen molar-refractivity contribution >= 4 is 10.0 Å². The number of rotatable bonds is 4. The third-order valence-electron chi connectivity index (χ3n) is 3.54. The fourth-order valence-electron chi connectivity index (χ4n) is 2.58. The van der Waals surface area contributed by atoms with E-state index in [0.29, 0.717) is 11.4 Å². The molecule has 1 atom stereocenters. The molecule has 0 bridgehead atoms. The molecule has 0 spiro atoms. The maximum atomic E-state index is 12.5. The van der Waals surface area contributed by atoms with E-state index in [9.17, 15) is 8.42 Å². The van der Waals surface area contributed by atoms with E-state index in [4.69, 9.17) is 0 Å². The molecule has 2 rings (SSSR count). The smallest absolute Gasteiger partial charge is 0.242 e. The summed E-state index contributed by atoms with van der Waals surface area (Å²) in [6, 6.07) is 5.74. The Morgan fingerprint density at radius 2 is 1.89 bits per heavy atom. The molecule has 4 nitrogen and oxygen atoms in total. The minimum atomic E-state index is -3.38. The Kier molecular flexibility index (Phi) is 4.28. The van der Waals surface area contributed by atoms with Gasteiger partial charge in [-0.15, -0.1) is 0 Å². The highest BCUT2D eigenvalue weighted by Gasteiger charge is 2.25. The minimum absolute atomic E-state index is 0.283. The average molecular weight is 282 g/mol. The summed E-state index contributed by atoms with van der Waals surface area (Å²) in [6.45, 7) is 5.37.